The lowest BCUT2D eigenvalue weighted by atomic mass is 10.2. The van der Waals surface area contributed by atoms with Crippen molar-refractivity contribution in [2.45, 2.75) is 13.8 Å². The zero-order chi connectivity index (χ0) is 15.7. The van der Waals surface area contributed by atoms with Gasteiger partial charge in [-0.25, -0.2) is 9.98 Å². The highest BCUT2D eigenvalue weighted by Crippen LogP contribution is 2.29. The average Bonchev–Trinajstić information content (AvgIpc) is 3.12. The number of amidine groups is 1. The van der Waals surface area contributed by atoms with E-state index in [4.69, 9.17) is 11.6 Å². The van der Waals surface area contributed by atoms with Crippen LogP contribution in [0.4, 0.5) is 5.69 Å². The standard InChI is InChI=1S/C15H14ClN3OS2/c1-9-11(16)4-3-5-12(9)18-15-19(6-7-21-15)14(20)13-8-22-10(2)17-13/h3-5,8H,6-7H2,1-2H3. The summed E-state index contributed by atoms with van der Waals surface area (Å²) in [6, 6.07) is 5.61. The van der Waals surface area contributed by atoms with Gasteiger partial charge in [0.2, 0.25) is 0 Å². The van der Waals surface area contributed by atoms with Crippen LogP contribution in [0.2, 0.25) is 5.02 Å². The molecule has 0 bridgehead atoms. The molecule has 2 heterocycles. The zero-order valence-electron chi connectivity index (χ0n) is 12.2. The summed E-state index contributed by atoms with van der Waals surface area (Å²) in [4.78, 5) is 23.2. The largest absolute Gasteiger partial charge is 0.285 e. The Morgan fingerprint density at radius 3 is 2.95 bits per heavy atom. The van der Waals surface area contributed by atoms with E-state index in [0.717, 1.165) is 22.0 Å². The van der Waals surface area contributed by atoms with Crippen molar-refractivity contribution >= 4 is 51.5 Å². The van der Waals surface area contributed by atoms with Crippen LogP contribution in [0.25, 0.3) is 0 Å². The van der Waals surface area contributed by atoms with Gasteiger partial charge >= 0.3 is 0 Å². The number of thioether (sulfide) groups is 1. The summed E-state index contributed by atoms with van der Waals surface area (Å²) in [6.45, 7) is 4.47. The number of carbonyl (C=O) groups excluding carboxylic acids is 1. The average molecular weight is 352 g/mol. The number of amides is 1. The summed E-state index contributed by atoms with van der Waals surface area (Å²) in [7, 11) is 0. The lowest BCUT2D eigenvalue weighted by Crippen LogP contribution is -2.31. The van der Waals surface area contributed by atoms with Crippen molar-refractivity contribution in [1.29, 1.82) is 0 Å². The molecule has 1 aliphatic heterocycles. The summed E-state index contributed by atoms with van der Waals surface area (Å²) >= 11 is 9.19. The molecule has 3 rings (SSSR count). The van der Waals surface area contributed by atoms with E-state index in [-0.39, 0.29) is 5.91 Å². The molecule has 1 aromatic carbocycles. The minimum Gasteiger partial charge on any atom is -0.285 e. The first-order chi connectivity index (χ1) is 10.6. The van der Waals surface area contributed by atoms with Crippen LogP contribution in [0, 0.1) is 13.8 Å². The van der Waals surface area contributed by atoms with Gasteiger partial charge in [0.05, 0.1) is 10.7 Å². The highest BCUT2D eigenvalue weighted by Gasteiger charge is 2.28. The quantitative estimate of drug-likeness (QED) is 0.810. The number of aryl methyl sites for hydroxylation is 1. The monoisotopic (exact) mass is 351 g/mol. The van der Waals surface area contributed by atoms with Gasteiger partial charge in [0.15, 0.2) is 5.17 Å². The molecule has 114 valence electrons. The Kier molecular flexibility index (Phi) is 4.52. The minimum atomic E-state index is -0.0900. The number of nitrogens with zero attached hydrogens (tertiary/aromatic N) is 3. The Bertz CT molecular complexity index is 757. The number of hydrogen-bond acceptors (Lipinski definition) is 5. The topological polar surface area (TPSA) is 45.6 Å². The molecule has 22 heavy (non-hydrogen) atoms. The van der Waals surface area contributed by atoms with Crippen molar-refractivity contribution in [2.75, 3.05) is 12.3 Å². The van der Waals surface area contributed by atoms with Crippen molar-refractivity contribution in [3.63, 3.8) is 0 Å². The molecular weight excluding hydrogens is 338 g/mol. The number of benzene rings is 1. The van der Waals surface area contributed by atoms with Crippen LogP contribution >= 0.6 is 34.7 Å². The molecule has 2 aromatic rings. The van der Waals surface area contributed by atoms with Gasteiger partial charge in [-0.15, -0.1) is 11.3 Å². The molecule has 0 aliphatic carbocycles. The lowest BCUT2D eigenvalue weighted by molar-refractivity contribution is 0.0854. The zero-order valence-corrected chi connectivity index (χ0v) is 14.6. The third-order valence-electron chi connectivity index (χ3n) is 3.32. The normalized spacial score (nSPS) is 16.5. The van der Waals surface area contributed by atoms with Crippen molar-refractivity contribution in [3.8, 4) is 0 Å². The summed E-state index contributed by atoms with van der Waals surface area (Å²) in [6.07, 6.45) is 0. The Labute approximate surface area is 142 Å². The molecule has 0 spiro atoms. The van der Waals surface area contributed by atoms with Gasteiger partial charge in [0, 0.05) is 22.7 Å². The molecule has 0 saturated carbocycles. The third-order valence-corrected chi connectivity index (χ3v) is 5.45. The molecule has 1 saturated heterocycles. The number of carbonyl (C=O) groups is 1. The van der Waals surface area contributed by atoms with Crippen LogP contribution in [0.3, 0.4) is 0 Å². The Hall–Kier alpha value is -1.37. The van der Waals surface area contributed by atoms with Gasteiger partial charge < -0.3 is 0 Å². The molecule has 1 amide bonds. The van der Waals surface area contributed by atoms with Crippen molar-refractivity contribution < 1.29 is 4.79 Å². The molecular formula is C15H14ClN3OS2. The van der Waals surface area contributed by atoms with E-state index in [1.807, 2.05) is 32.0 Å². The maximum atomic E-state index is 12.6. The Balaban J connectivity index is 1.91. The molecule has 0 radical (unpaired) electrons. The van der Waals surface area contributed by atoms with Crippen molar-refractivity contribution in [3.05, 3.63) is 44.9 Å². The molecule has 1 fully saturated rings. The van der Waals surface area contributed by atoms with Crippen LogP contribution < -0.4 is 0 Å². The number of thiazole rings is 1. The summed E-state index contributed by atoms with van der Waals surface area (Å²) in [5.41, 5.74) is 2.20. The molecule has 1 aromatic heterocycles. The summed E-state index contributed by atoms with van der Waals surface area (Å²) < 4.78 is 0. The Morgan fingerprint density at radius 2 is 2.23 bits per heavy atom. The van der Waals surface area contributed by atoms with E-state index < -0.39 is 0 Å². The van der Waals surface area contributed by atoms with Gasteiger partial charge in [-0.1, -0.05) is 29.4 Å². The van der Waals surface area contributed by atoms with Crippen LogP contribution in [0.15, 0.2) is 28.6 Å². The van der Waals surface area contributed by atoms with Crippen LogP contribution in [0.1, 0.15) is 21.1 Å². The predicted molar refractivity (Wildman–Crippen MR) is 93.6 cm³/mol. The van der Waals surface area contributed by atoms with Crippen LogP contribution in [0.5, 0.6) is 0 Å². The van der Waals surface area contributed by atoms with E-state index in [2.05, 4.69) is 9.98 Å². The second kappa shape index (κ2) is 6.40. The van der Waals surface area contributed by atoms with Gasteiger partial charge in [0.1, 0.15) is 5.69 Å². The van der Waals surface area contributed by atoms with Crippen LogP contribution in [-0.4, -0.2) is 33.3 Å². The van der Waals surface area contributed by atoms with Gasteiger partial charge in [-0.2, -0.15) is 0 Å². The molecule has 1 aliphatic rings. The van der Waals surface area contributed by atoms with E-state index in [1.165, 1.54) is 11.3 Å². The minimum absolute atomic E-state index is 0.0900. The maximum absolute atomic E-state index is 12.6. The third kappa shape index (κ3) is 3.04. The Morgan fingerprint density at radius 1 is 1.41 bits per heavy atom. The van der Waals surface area contributed by atoms with E-state index in [0.29, 0.717) is 22.4 Å². The first-order valence-corrected chi connectivity index (χ1v) is 9.01. The van der Waals surface area contributed by atoms with Gasteiger partial charge in [0.25, 0.3) is 5.91 Å². The highest BCUT2D eigenvalue weighted by atomic mass is 35.5. The van der Waals surface area contributed by atoms with Crippen molar-refractivity contribution in [2.24, 2.45) is 4.99 Å². The number of aromatic nitrogens is 1. The smallest absolute Gasteiger partial charge is 0.279 e. The molecule has 7 heteroatoms. The first kappa shape index (κ1) is 15.5. The molecule has 0 N–H and O–H groups in total. The summed E-state index contributed by atoms with van der Waals surface area (Å²) in [5, 5.41) is 4.07. The fourth-order valence-electron chi connectivity index (χ4n) is 2.10. The second-order valence-corrected chi connectivity index (χ2v) is 7.37. The van der Waals surface area contributed by atoms with E-state index in [1.54, 1.807) is 22.0 Å². The lowest BCUT2D eigenvalue weighted by Gasteiger charge is -2.14. The maximum Gasteiger partial charge on any atom is 0.279 e. The number of rotatable bonds is 2. The van der Waals surface area contributed by atoms with Crippen LogP contribution in [-0.2, 0) is 0 Å². The first-order valence-electron chi connectivity index (χ1n) is 6.77. The van der Waals surface area contributed by atoms with E-state index in [9.17, 15) is 4.79 Å². The van der Waals surface area contributed by atoms with Gasteiger partial charge in [-0.05, 0) is 31.5 Å². The molecule has 0 atom stereocenters. The van der Waals surface area contributed by atoms with E-state index >= 15 is 0 Å². The second-order valence-electron chi connectivity index (χ2n) is 4.84. The number of aliphatic imine (C=N–C) groups is 1. The fourth-order valence-corrected chi connectivity index (χ4v) is 3.81. The SMILES string of the molecule is Cc1nc(C(=O)N2CCSC2=Nc2cccc(Cl)c2C)cs1. The predicted octanol–water partition coefficient (Wildman–Crippen LogP) is 4.29. The number of hydrogen-bond donors (Lipinski definition) is 0. The summed E-state index contributed by atoms with van der Waals surface area (Å²) in [5.74, 6) is 0.751. The molecule has 0 unspecified atom stereocenters. The number of halogens is 1. The van der Waals surface area contributed by atoms with Crippen molar-refractivity contribution in [1.82, 2.24) is 9.88 Å². The van der Waals surface area contributed by atoms with Gasteiger partial charge in [-0.3, -0.25) is 9.69 Å². The highest BCUT2D eigenvalue weighted by molar-refractivity contribution is 8.14. The fraction of sp³-hybridized carbons (Fsp3) is 0.267. The molecule has 4 nitrogen and oxygen atoms in total.